The summed E-state index contributed by atoms with van der Waals surface area (Å²) in [4.78, 5) is 16.5. The van der Waals surface area contributed by atoms with Crippen LogP contribution in [0.15, 0.2) is 18.2 Å². The fraction of sp³-hybridized carbons (Fsp3) is 0.538. The molecule has 1 aliphatic heterocycles. The highest BCUT2D eigenvalue weighted by molar-refractivity contribution is 6.29. The molecule has 2 N–H and O–H groups in total. The van der Waals surface area contributed by atoms with E-state index in [1.807, 2.05) is 0 Å². The summed E-state index contributed by atoms with van der Waals surface area (Å²) in [6.45, 7) is 3.78. The molecule has 4 nitrogen and oxygen atoms in total. The normalized spacial score (nSPS) is 23.7. The molecule has 1 atom stereocenters. The number of anilines is 1. The lowest BCUT2D eigenvalue weighted by molar-refractivity contribution is -0.126. The molecule has 1 aromatic rings. The van der Waals surface area contributed by atoms with Gasteiger partial charge in [-0.2, -0.15) is 0 Å². The van der Waals surface area contributed by atoms with Crippen molar-refractivity contribution in [1.82, 2.24) is 10.3 Å². The van der Waals surface area contributed by atoms with Crippen LogP contribution in [0, 0.1) is 5.41 Å². The van der Waals surface area contributed by atoms with Crippen LogP contribution in [0.5, 0.6) is 0 Å². The standard InChI is InChI=1S/C13H18ClN3O/c1-2-13(7-4-8-15-9-13)12(18)17-11-6-3-5-10(14)16-11/h3,5-6,15H,2,4,7-9H2,1H3,(H,16,17,18). The Kier molecular flexibility index (Phi) is 4.19. The molecular formula is C13H18ClN3O. The van der Waals surface area contributed by atoms with Crippen molar-refractivity contribution in [3.63, 3.8) is 0 Å². The third-order valence-corrected chi connectivity index (χ3v) is 3.80. The Balaban J connectivity index is 2.10. The third-order valence-electron chi connectivity index (χ3n) is 3.59. The fourth-order valence-corrected chi connectivity index (χ4v) is 2.51. The molecule has 1 aromatic heterocycles. The molecule has 2 rings (SSSR count). The lowest BCUT2D eigenvalue weighted by Gasteiger charge is -2.35. The topological polar surface area (TPSA) is 54.0 Å². The number of amides is 1. The predicted octanol–water partition coefficient (Wildman–Crippen LogP) is 2.45. The molecule has 1 aliphatic rings. The van der Waals surface area contributed by atoms with Crippen molar-refractivity contribution in [3.8, 4) is 0 Å². The van der Waals surface area contributed by atoms with E-state index in [2.05, 4.69) is 22.5 Å². The average Bonchev–Trinajstić information content (AvgIpc) is 2.39. The molecule has 98 valence electrons. The number of pyridine rings is 1. The summed E-state index contributed by atoms with van der Waals surface area (Å²) in [5.74, 6) is 0.554. The van der Waals surface area contributed by atoms with E-state index in [1.165, 1.54) is 0 Å². The van der Waals surface area contributed by atoms with E-state index in [1.54, 1.807) is 18.2 Å². The predicted molar refractivity (Wildman–Crippen MR) is 72.7 cm³/mol. The highest BCUT2D eigenvalue weighted by Gasteiger charge is 2.37. The lowest BCUT2D eigenvalue weighted by Crippen LogP contribution is -2.47. The van der Waals surface area contributed by atoms with Gasteiger partial charge in [0, 0.05) is 6.54 Å². The quantitative estimate of drug-likeness (QED) is 0.827. The highest BCUT2D eigenvalue weighted by atomic mass is 35.5. The van der Waals surface area contributed by atoms with Gasteiger partial charge in [-0.3, -0.25) is 4.79 Å². The maximum Gasteiger partial charge on any atom is 0.233 e. The zero-order valence-electron chi connectivity index (χ0n) is 10.5. The highest BCUT2D eigenvalue weighted by Crippen LogP contribution is 2.31. The number of hydrogen-bond donors (Lipinski definition) is 2. The first-order chi connectivity index (χ1) is 8.66. The van der Waals surface area contributed by atoms with Crippen molar-refractivity contribution in [2.24, 2.45) is 5.41 Å². The Morgan fingerprint density at radius 2 is 2.44 bits per heavy atom. The van der Waals surface area contributed by atoms with Crippen LogP contribution in [0.2, 0.25) is 5.15 Å². The number of rotatable bonds is 3. The summed E-state index contributed by atoms with van der Waals surface area (Å²) in [7, 11) is 0. The van der Waals surface area contributed by atoms with E-state index in [4.69, 9.17) is 11.6 Å². The van der Waals surface area contributed by atoms with Gasteiger partial charge in [-0.25, -0.2) is 4.98 Å². The number of carbonyl (C=O) groups is 1. The van der Waals surface area contributed by atoms with Crippen LogP contribution < -0.4 is 10.6 Å². The monoisotopic (exact) mass is 267 g/mol. The van der Waals surface area contributed by atoms with Crippen LogP contribution in [0.25, 0.3) is 0 Å². The smallest absolute Gasteiger partial charge is 0.233 e. The Hall–Kier alpha value is -1.13. The Labute approximate surface area is 112 Å². The number of nitrogens with zero attached hydrogens (tertiary/aromatic N) is 1. The second kappa shape index (κ2) is 5.67. The van der Waals surface area contributed by atoms with Gasteiger partial charge in [0.05, 0.1) is 5.41 Å². The molecule has 0 spiro atoms. The van der Waals surface area contributed by atoms with Gasteiger partial charge >= 0.3 is 0 Å². The number of nitrogens with one attached hydrogen (secondary N) is 2. The van der Waals surface area contributed by atoms with Crippen molar-refractivity contribution < 1.29 is 4.79 Å². The van der Waals surface area contributed by atoms with Crippen LogP contribution in [0.4, 0.5) is 5.82 Å². The van der Waals surface area contributed by atoms with E-state index >= 15 is 0 Å². The first-order valence-electron chi connectivity index (χ1n) is 6.31. The number of carbonyl (C=O) groups excluding carboxylic acids is 1. The van der Waals surface area contributed by atoms with Gasteiger partial charge in [0.25, 0.3) is 0 Å². The summed E-state index contributed by atoms with van der Waals surface area (Å²) in [5.41, 5.74) is -0.317. The molecule has 0 radical (unpaired) electrons. The molecule has 2 heterocycles. The van der Waals surface area contributed by atoms with Gasteiger partial charge in [-0.1, -0.05) is 24.6 Å². The van der Waals surface area contributed by atoms with E-state index in [-0.39, 0.29) is 11.3 Å². The molecule has 1 fully saturated rings. The molecule has 1 amide bonds. The van der Waals surface area contributed by atoms with Crippen LogP contribution in [0.3, 0.4) is 0 Å². The largest absolute Gasteiger partial charge is 0.316 e. The Bertz CT molecular complexity index is 430. The first-order valence-corrected chi connectivity index (χ1v) is 6.69. The number of piperidine rings is 1. The van der Waals surface area contributed by atoms with Crippen LogP contribution in [-0.4, -0.2) is 24.0 Å². The molecule has 1 unspecified atom stereocenters. The van der Waals surface area contributed by atoms with Gasteiger partial charge in [0.15, 0.2) is 0 Å². The van der Waals surface area contributed by atoms with E-state index in [0.29, 0.717) is 11.0 Å². The molecule has 18 heavy (non-hydrogen) atoms. The van der Waals surface area contributed by atoms with Crippen molar-refractivity contribution in [2.45, 2.75) is 26.2 Å². The summed E-state index contributed by atoms with van der Waals surface area (Å²) in [5, 5.41) is 6.56. The van der Waals surface area contributed by atoms with Crippen molar-refractivity contribution in [1.29, 1.82) is 0 Å². The van der Waals surface area contributed by atoms with Gasteiger partial charge in [0.2, 0.25) is 5.91 Å². The minimum atomic E-state index is -0.317. The van der Waals surface area contributed by atoms with Gasteiger partial charge in [-0.05, 0) is 37.9 Å². The maximum atomic E-state index is 12.4. The Morgan fingerprint density at radius 1 is 1.61 bits per heavy atom. The second-order valence-corrected chi connectivity index (χ2v) is 5.10. The maximum absolute atomic E-state index is 12.4. The number of aromatic nitrogens is 1. The molecule has 0 aromatic carbocycles. The van der Waals surface area contributed by atoms with Crippen LogP contribution >= 0.6 is 11.6 Å². The fourth-order valence-electron chi connectivity index (χ4n) is 2.35. The molecule has 5 heteroatoms. The zero-order valence-corrected chi connectivity index (χ0v) is 11.3. The molecular weight excluding hydrogens is 250 g/mol. The van der Waals surface area contributed by atoms with E-state index in [0.717, 1.165) is 32.4 Å². The van der Waals surface area contributed by atoms with Gasteiger partial charge in [0.1, 0.15) is 11.0 Å². The zero-order chi connectivity index (χ0) is 13.0. The third kappa shape index (κ3) is 2.82. The van der Waals surface area contributed by atoms with Crippen LogP contribution in [0.1, 0.15) is 26.2 Å². The minimum absolute atomic E-state index is 0.0342. The minimum Gasteiger partial charge on any atom is -0.316 e. The van der Waals surface area contributed by atoms with Crippen molar-refractivity contribution in [2.75, 3.05) is 18.4 Å². The summed E-state index contributed by atoms with van der Waals surface area (Å²) >= 11 is 5.81. The molecule has 0 aliphatic carbocycles. The second-order valence-electron chi connectivity index (χ2n) is 4.71. The summed E-state index contributed by atoms with van der Waals surface area (Å²) < 4.78 is 0. The van der Waals surface area contributed by atoms with E-state index < -0.39 is 0 Å². The van der Waals surface area contributed by atoms with Gasteiger partial charge in [-0.15, -0.1) is 0 Å². The average molecular weight is 268 g/mol. The number of halogens is 1. The summed E-state index contributed by atoms with van der Waals surface area (Å²) in [6, 6.07) is 5.22. The Morgan fingerprint density at radius 3 is 3.06 bits per heavy atom. The SMILES string of the molecule is CCC1(C(=O)Nc2cccc(Cl)n2)CCCNC1. The number of hydrogen-bond acceptors (Lipinski definition) is 3. The van der Waals surface area contributed by atoms with Crippen molar-refractivity contribution >= 4 is 23.3 Å². The molecule has 0 saturated carbocycles. The van der Waals surface area contributed by atoms with Crippen molar-refractivity contribution in [3.05, 3.63) is 23.4 Å². The first kappa shape index (κ1) is 13.3. The lowest BCUT2D eigenvalue weighted by atomic mass is 9.77. The summed E-state index contributed by atoms with van der Waals surface area (Å²) in [6.07, 6.45) is 2.78. The van der Waals surface area contributed by atoms with Crippen LogP contribution in [-0.2, 0) is 4.79 Å². The molecule has 1 saturated heterocycles. The van der Waals surface area contributed by atoms with Gasteiger partial charge < -0.3 is 10.6 Å². The molecule has 0 bridgehead atoms. The van der Waals surface area contributed by atoms with E-state index in [9.17, 15) is 4.79 Å².